The second kappa shape index (κ2) is 6.75. The molecule has 154 valence electrons. The van der Waals surface area contributed by atoms with E-state index in [2.05, 4.69) is 25.0 Å². The van der Waals surface area contributed by atoms with Crippen molar-refractivity contribution in [3.8, 4) is 5.75 Å². The summed E-state index contributed by atoms with van der Waals surface area (Å²) >= 11 is 0. The Morgan fingerprint density at radius 3 is 2.80 bits per heavy atom. The summed E-state index contributed by atoms with van der Waals surface area (Å²) < 4.78 is 22.0. The minimum absolute atomic E-state index is 0.0853. The highest BCUT2D eigenvalue weighted by atomic mass is 19.1. The zero-order valence-electron chi connectivity index (χ0n) is 16.5. The lowest BCUT2D eigenvalue weighted by Gasteiger charge is -2.27. The van der Waals surface area contributed by atoms with E-state index in [0.29, 0.717) is 30.2 Å². The van der Waals surface area contributed by atoms with Gasteiger partial charge in [0.1, 0.15) is 29.9 Å². The monoisotopic (exact) mass is 408 g/mol. The van der Waals surface area contributed by atoms with E-state index in [1.54, 1.807) is 12.4 Å². The molecule has 2 aromatic heterocycles. The summed E-state index contributed by atoms with van der Waals surface area (Å²) in [6.07, 6.45) is 4.71. The molecule has 0 atom stereocenters. The van der Waals surface area contributed by atoms with Gasteiger partial charge in [-0.1, -0.05) is 0 Å². The summed E-state index contributed by atoms with van der Waals surface area (Å²) in [6.45, 7) is 3.93. The van der Waals surface area contributed by atoms with Crippen molar-refractivity contribution in [2.75, 3.05) is 17.2 Å². The first-order chi connectivity index (χ1) is 14.4. The Bertz CT molecular complexity index is 1140. The Hall–Kier alpha value is -3.56. The molecule has 0 saturated heterocycles. The largest absolute Gasteiger partial charge is 0.484 e. The number of halogens is 1. The van der Waals surface area contributed by atoms with Crippen LogP contribution in [0.15, 0.2) is 30.9 Å². The van der Waals surface area contributed by atoms with Crippen molar-refractivity contribution in [3.05, 3.63) is 53.8 Å². The predicted molar refractivity (Wildman–Crippen MR) is 108 cm³/mol. The molecule has 1 aliphatic carbocycles. The highest BCUT2D eigenvalue weighted by Gasteiger charge is 2.40. The molecule has 0 bridgehead atoms. The van der Waals surface area contributed by atoms with Crippen LogP contribution >= 0.6 is 0 Å². The number of ether oxygens (including phenoxy) is 1. The molecule has 3 N–H and O–H groups in total. The minimum atomic E-state index is -0.530. The van der Waals surface area contributed by atoms with Gasteiger partial charge in [0, 0.05) is 29.9 Å². The molecular formula is C20H21FN8O. The second-order valence-electron chi connectivity index (χ2n) is 7.88. The quantitative estimate of drug-likeness (QED) is 0.490. The number of hydrogen-bond donors (Lipinski definition) is 2. The Balaban J connectivity index is 1.43. The molecule has 10 heteroatoms. The molecule has 1 aliphatic heterocycles. The van der Waals surface area contributed by atoms with Crippen molar-refractivity contribution in [3.63, 3.8) is 0 Å². The van der Waals surface area contributed by atoms with Crippen LogP contribution in [0.4, 0.5) is 15.9 Å². The van der Waals surface area contributed by atoms with Crippen LogP contribution in [0.2, 0.25) is 0 Å². The van der Waals surface area contributed by atoms with Gasteiger partial charge in [0.05, 0.1) is 24.5 Å². The van der Waals surface area contributed by atoms with Crippen LogP contribution in [-0.4, -0.2) is 42.6 Å². The third-order valence-electron chi connectivity index (χ3n) is 5.53. The summed E-state index contributed by atoms with van der Waals surface area (Å²) in [5.74, 6) is 1.11. The second-order valence-corrected chi connectivity index (χ2v) is 7.88. The molecule has 30 heavy (non-hydrogen) atoms. The molecule has 0 radical (unpaired) electrons. The molecule has 3 aromatic rings. The third kappa shape index (κ3) is 3.34. The number of fused-ring (bicyclic) bond motifs is 1. The van der Waals surface area contributed by atoms with E-state index >= 15 is 0 Å². The molecular weight excluding hydrogens is 387 g/mol. The molecule has 1 saturated carbocycles. The van der Waals surface area contributed by atoms with E-state index < -0.39 is 5.82 Å². The minimum Gasteiger partial charge on any atom is -0.484 e. The first-order valence-electron chi connectivity index (χ1n) is 9.73. The van der Waals surface area contributed by atoms with Gasteiger partial charge in [0.2, 0.25) is 0 Å². The smallest absolute Gasteiger partial charge is 0.167 e. The lowest BCUT2D eigenvalue weighted by atomic mass is 10.0. The summed E-state index contributed by atoms with van der Waals surface area (Å²) in [7, 11) is 0. The normalized spacial score (nSPS) is 16.8. The number of hydrogen-bond acceptors (Lipinski definition) is 8. The topological polar surface area (TPSA) is 119 Å². The van der Waals surface area contributed by atoms with Crippen LogP contribution in [0.1, 0.15) is 36.8 Å². The van der Waals surface area contributed by atoms with Crippen molar-refractivity contribution in [2.45, 2.75) is 38.5 Å². The fraction of sp³-hybridized carbons (Fsp3) is 0.350. The van der Waals surface area contributed by atoms with Crippen LogP contribution in [-0.2, 0) is 13.1 Å². The van der Waals surface area contributed by atoms with Crippen LogP contribution in [0.3, 0.4) is 0 Å². The van der Waals surface area contributed by atoms with Crippen LogP contribution in [0.25, 0.3) is 0 Å². The number of nitrogen functional groups attached to an aromatic ring is 1. The van der Waals surface area contributed by atoms with Gasteiger partial charge in [-0.15, -0.1) is 0 Å². The van der Waals surface area contributed by atoms with Crippen molar-refractivity contribution in [2.24, 2.45) is 0 Å². The number of aromatic nitrogens is 5. The Kier molecular flexibility index (Phi) is 4.16. The fourth-order valence-corrected chi connectivity index (χ4v) is 3.46. The van der Waals surface area contributed by atoms with Gasteiger partial charge >= 0.3 is 0 Å². The summed E-state index contributed by atoms with van der Waals surface area (Å²) in [6, 6.07) is 4.42. The molecule has 5 rings (SSSR count). The summed E-state index contributed by atoms with van der Waals surface area (Å²) in [5.41, 5.74) is 6.70. The molecule has 1 fully saturated rings. The number of nitrogens with zero attached hydrogens (tertiary/aromatic N) is 6. The van der Waals surface area contributed by atoms with Gasteiger partial charge in [-0.3, -0.25) is 5.41 Å². The van der Waals surface area contributed by atoms with Gasteiger partial charge in [-0.25, -0.2) is 24.0 Å². The van der Waals surface area contributed by atoms with Gasteiger partial charge in [0.25, 0.3) is 0 Å². The Morgan fingerprint density at radius 2 is 2.00 bits per heavy atom. The molecule has 3 heterocycles. The van der Waals surface area contributed by atoms with E-state index in [4.69, 9.17) is 15.9 Å². The maximum absolute atomic E-state index is 14.3. The Morgan fingerprint density at radius 1 is 1.17 bits per heavy atom. The van der Waals surface area contributed by atoms with Gasteiger partial charge in [-0.05, 0) is 25.8 Å². The molecule has 0 spiro atoms. The van der Waals surface area contributed by atoms with Crippen molar-refractivity contribution in [1.29, 1.82) is 5.41 Å². The summed E-state index contributed by atoms with van der Waals surface area (Å²) in [4.78, 5) is 14.9. The molecule has 0 amide bonds. The van der Waals surface area contributed by atoms with Crippen molar-refractivity contribution in [1.82, 2.24) is 24.7 Å². The molecule has 2 aliphatic rings. The molecule has 0 unspecified atom stereocenters. The fourth-order valence-electron chi connectivity index (χ4n) is 3.46. The lowest BCUT2D eigenvalue weighted by Crippen LogP contribution is -2.35. The van der Waals surface area contributed by atoms with E-state index in [-0.39, 0.29) is 22.7 Å². The number of benzene rings is 1. The van der Waals surface area contributed by atoms with Crippen LogP contribution in [0.5, 0.6) is 5.75 Å². The highest BCUT2D eigenvalue weighted by molar-refractivity contribution is 6.13. The van der Waals surface area contributed by atoms with Gasteiger partial charge in [0.15, 0.2) is 11.6 Å². The average molecular weight is 408 g/mol. The average Bonchev–Trinajstić information content (AvgIpc) is 3.28. The molecule has 9 nitrogen and oxygen atoms in total. The van der Waals surface area contributed by atoms with E-state index in [9.17, 15) is 4.39 Å². The summed E-state index contributed by atoms with van der Waals surface area (Å²) in [5, 5.41) is 12.8. The van der Waals surface area contributed by atoms with E-state index in [1.807, 2.05) is 11.6 Å². The third-order valence-corrected chi connectivity index (χ3v) is 5.53. The lowest BCUT2D eigenvalue weighted by molar-refractivity contribution is 0.191. The number of anilines is 2. The van der Waals surface area contributed by atoms with Gasteiger partial charge < -0.3 is 15.4 Å². The standard InChI is InChI=1S/C20H21FN8O/c1-20(2-3-20)30-16-6-12(14(22)7-13(16)21)19(23)15-8-17(25-10-24-15)28-4-5-29-18(9-28)26-11-27-29/h6-8,10-11,23H,2-5,9,22H2,1H3. The first kappa shape index (κ1) is 18.5. The maximum atomic E-state index is 14.3. The zero-order valence-corrected chi connectivity index (χ0v) is 16.5. The van der Waals surface area contributed by atoms with Crippen molar-refractivity contribution >= 4 is 17.2 Å². The number of nitrogens with two attached hydrogens (primary N) is 1. The van der Waals surface area contributed by atoms with Crippen molar-refractivity contribution < 1.29 is 9.13 Å². The maximum Gasteiger partial charge on any atom is 0.167 e. The number of rotatable bonds is 5. The van der Waals surface area contributed by atoms with E-state index in [0.717, 1.165) is 25.2 Å². The van der Waals surface area contributed by atoms with Crippen LogP contribution in [0, 0.1) is 11.2 Å². The zero-order chi connectivity index (χ0) is 20.9. The SMILES string of the molecule is CC1(Oc2cc(C(=N)c3cc(N4CCn5ncnc5C4)ncn3)c(N)cc2F)CC1. The predicted octanol–water partition coefficient (Wildman–Crippen LogP) is 2.16. The van der Waals surface area contributed by atoms with Gasteiger partial charge in [-0.2, -0.15) is 5.10 Å². The first-order valence-corrected chi connectivity index (χ1v) is 9.73. The van der Waals surface area contributed by atoms with E-state index in [1.165, 1.54) is 18.5 Å². The highest BCUT2D eigenvalue weighted by Crippen LogP contribution is 2.41. The Labute approximate surface area is 172 Å². The van der Waals surface area contributed by atoms with Crippen LogP contribution < -0.4 is 15.4 Å². The number of nitrogens with one attached hydrogen (secondary N) is 1. The molecule has 1 aromatic carbocycles.